The van der Waals surface area contributed by atoms with Crippen LogP contribution in [0.4, 0.5) is 0 Å². The normalized spacial score (nSPS) is 17.2. The molecule has 188 valence electrons. The largest absolute Gasteiger partial charge is 0.453 e. The molecular formula is C22H36N6O5Si. The van der Waals surface area contributed by atoms with Gasteiger partial charge in [-0.25, -0.2) is 4.79 Å². The van der Waals surface area contributed by atoms with Gasteiger partial charge in [0.05, 0.1) is 5.92 Å². The van der Waals surface area contributed by atoms with Gasteiger partial charge in [0.2, 0.25) is 5.91 Å². The van der Waals surface area contributed by atoms with E-state index in [2.05, 4.69) is 55.3 Å². The van der Waals surface area contributed by atoms with Crippen molar-refractivity contribution < 1.29 is 28.3 Å². The van der Waals surface area contributed by atoms with Gasteiger partial charge in [-0.1, -0.05) is 45.0 Å². The molecule has 0 aliphatic carbocycles. The number of esters is 1. The van der Waals surface area contributed by atoms with Crippen molar-refractivity contribution in [3.63, 3.8) is 0 Å². The first kappa shape index (κ1) is 29.2. The molecule has 3 unspecified atom stereocenters. The molecule has 12 heteroatoms. The molecule has 1 aliphatic heterocycles. The van der Waals surface area contributed by atoms with Gasteiger partial charge in [-0.05, 0) is 42.8 Å². The molecule has 0 aromatic carbocycles. The van der Waals surface area contributed by atoms with Crippen LogP contribution in [0.5, 0.6) is 0 Å². The van der Waals surface area contributed by atoms with Crippen LogP contribution >= 0.6 is 0 Å². The van der Waals surface area contributed by atoms with Crippen LogP contribution in [0, 0.1) is 17.3 Å². The van der Waals surface area contributed by atoms with Crippen molar-refractivity contribution in [3.05, 3.63) is 28.6 Å². The fourth-order valence-electron chi connectivity index (χ4n) is 3.87. The first-order chi connectivity index (χ1) is 16.0. The van der Waals surface area contributed by atoms with E-state index >= 15 is 0 Å². The van der Waals surface area contributed by atoms with Gasteiger partial charge in [0, 0.05) is 24.6 Å². The number of hydrogen-bond donors (Lipinski definition) is 0. The van der Waals surface area contributed by atoms with E-state index in [9.17, 15) is 19.9 Å². The number of β-lactam (4-membered cyclic amide) rings is 1. The molecule has 3 atom stereocenters. The summed E-state index contributed by atoms with van der Waals surface area (Å²) < 4.78 is 10.8. The molecule has 0 aromatic rings. The van der Waals surface area contributed by atoms with Gasteiger partial charge in [-0.15, -0.1) is 0 Å². The zero-order chi connectivity index (χ0) is 25.9. The van der Waals surface area contributed by atoms with Crippen LogP contribution in [0.1, 0.15) is 40.0 Å². The Hall–Kier alpha value is -2.78. The van der Waals surface area contributed by atoms with Crippen molar-refractivity contribution >= 4 is 32.4 Å². The Labute approximate surface area is 202 Å². The third kappa shape index (κ3) is 8.21. The first-order valence-electron chi connectivity index (χ1n) is 11.5. The van der Waals surface area contributed by atoms with Gasteiger partial charge in [0.25, 0.3) is 5.78 Å². The molecule has 0 saturated carbocycles. The van der Waals surface area contributed by atoms with Gasteiger partial charge in [0.15, 0.2) is 9.04 Å². The Balaban J connectivity index is 3.08. The van der Waals surface area contributed by atoms with Crippen molar-refractivity contribution in [2.45, 2.75) is 59.2 Å². The van der Waals surface area contributed by atoms with Crippen molar-refractivity contribution in [1.82, 2.24) is 4.90 Å². The lowest BCUT2D eigenvalue weighted by Gasteiger charge is -2.49. The number of carbonyl (C=O) groups is 3. The van der Waals surface area contributed by atoms with E-state index in [1.807, 2.05) is 0 Å². The Morgan fingerprint density at radius 1 is 1.32 bits per heavy atom. The summed E-state index contributed by atoms with van der Waals surface area (Å²) in [6.45, 7) is 14.6. The SMILES string of the molecule is C=CCOC(=O)C(=[N+]=[N-])C(=O)C(CCCCN=[N+]=[N-])N1CC(C(CO[SiH](C)C)C(C)(C)C)C1=O. The summed E-state index contributed by atoms with van der Waals surface area (Å²) in [4.78, 5) is 45.6. The molecule has 0 bridgehead atoms. The van der Waals surface area contributed by atoms with Crippen molar-refractivity contribution in [2.75, 3.05) is 26.3 Å². The molecule has 0 N–H and O–H groups in total. The first-order valence-corrected chi connectivity index (χ1v) is 14.2. The average Bonchev–Trinajstić information content (AvgIpc) is 2.76. The fourth-order valence-corrected chi connectivity index (χ4v) is 4.46. The number of ketones is 1. The molecule has 0 aromatic heterocycles. The van der Waals surface area contributed by atoms with Gasteiger partial charge in [0.1, 0.15) is 12.6 Å². The smallest absolute Gasteiger partial charge is 0.443 e. The summed E-state index contributed by atoms with van der Waals surface area (Å²) in [6, 6.07) is -0.988. The van der Waals surface area contributed by atoms with Crippen molar-refractivity contribution in [3.8, 4) is 0 Å². The van der Waals surface area contributed by atoms with Crippen LogP contribution in [0.2, 0.25) is 13.1 Å². The predicted molar refractivity (Wildman–Crippen MR) is 129 cm³/mol. The molecule has 11 nitrogen and oxygen atoms in total. The highest BCUT2D eigenvalue weighted by Gasteiger charge is 2.51. The summed E-state index contributed by atoms with van der Waals surface area (Å²) in [5.74, 6) is -2.41. The van der Waals surface area contributed by atoms with Gasteiger partial charge >= 0.3 is 11.7 Å². The molecule has 1 saturated heterocycles. The number of amides is 1. The molecule has 0 spiro atoms. The number of likely N-dealkylation sites (tertiary alicyclic amines) is 1. The van der Waals surface area contributed by atoms with Gasteiger partial charge < -0.3 is 19.6 Å². The highest BCUT2D eigenvalue weighted by atomic mass is 28.3. The second kappa shape index (κ2) is 13.8. The summed E-state index contributed by atoms with van der Waals surface area (Å²) in [7, 11) is -1.28. The topological polar surface area (TPSA) is 158 Å². The minimum Gasteiger partial charge on any atom is -0.453 e. The number of carbonyl (C=O) groups excluding carboxylic acids is 3. The molecule has 1 heterocycles. The Kier molecular flexibility index (Phi) is 11.9. The van der Waals surface area contributed by atoms with Crippen LogP contribution in [-0.2, 0) is 23.5 Å². The monoisotopic (exact) mass is 492 g/mol. The summed E-state index contributed by atoms with van der Waals surface area (Å²) in [5.41, 5.74) is 16.8. The zero-order valence-electron chi connectivity index (χ0n) is 20.8. The summed E-state index contributed by atoms with van der Waals surface area (Å²) in [6.07, 6.45) is 2.52. The van der Waals surface area contributed by atoms with E-state index in [0.29, 0.717) is 26.0 Å². The number of rotatable bonds is 15. The predicted octanol–water partition coefficient (Wildman–Crippen LogP) is 2.93. The Morgan fingerprint density at radius 3 is 2.50 bits per heavy atom. The third-order valence-electron chi connectivity index (χ3n) is 5.79. The fraction of sp³-hybridized carbons (Fsp3) is 0.727. The maximum absolute atomic E-state index is 13.3. The summed E-state index contributed by atoms with van der Waals surface area (Å²) >= 11 is 0. The third-order valence-corrected chi connectivity index (χ3v) is 6.65. The van der Waals surface area contributed by atoms with Crippen LogP contribution in [0.3, 0.4) is 0 Å². The quantitative estimate of drug-likeness (QED) is 0.0328. The lowest BCUT2D eigenvalue weighted by Crippen LogP contribution is -2.64. The number of Topliss-reactive ketones (excluding diaryl/α,β-unsaturated/α-hetero) is 1. The van der Waals surface area contributed by atoms with E-state index in [-0.39, 0.29) is 42.7 Å². The average molecular weight is 493 g/mol. The maximum Gasteiger partial charge on any atom is 0.443 e. The zero-order valence-corrected chi connectivity index (χ0v) is 21.9. The Bertz CT molecular complexity index is 858. The Morgan fingerprint density at radius 2 is 2.00 bits per heavy atom. The molecular weight excluding hydrogens is 456 g/mol. The highest BCUT2D eigenvalue weighted by Crippen LogP contribution is 2.39. The molecule has 34 heavy (non-hydrogen) atoms. The molecule has 0 radical (unpaired) electrons. The minimum absolute atomic E-state index is 0.0320. The van der Waals surface area contributed by atoms with Crippen LogP contribution < -0.4 is 0 Å². The molecule has 1 rings (SSSR count). The summed E-state index contributed by atoms with van der Waals surface area (Å²) in [5, 5.41) is 3.47. The van der Waals surface area contributed by atoms with Crippen molar-refractivity contribution in [2.24, 2.45) is 22.4 Å². The number of ether oxygens (including phenoxy) is 1. The molecule has 1 amide bonds. The van der Waals surface area contributed by atoms with E-state index < -0.39 is 32.5 Å². The minimum atomic E-state index is -1.28. The second-order valence-electron chi connectivity index (χ2n) is 9.62. The lowest BCUT2D eigenvalue weighted by atomic mass is 9.69. The van der Waals surface area contributed by atoms with Crippen LogP contribution in [0.15, 0.2) is 17.8 Å². The van der Waals surface area contributed by atoms with E-state index in [1.54, 1.807) is 0 Å². The van der Waals surface area contributed by atoms with Gasteiger partial charge in [-0.2, -0.15) is 4.79 Å². The second-order valence-corrected chi connectivity index (χ2v) is 12.0. The van der Waals surface area contributed by atoms with Gasteiger partial charge in [-0.3, -0.25) is 9.59 Å². The van der Waals surface area contributed by atoms with Crippen molar-refractivity contribution in [1.29, 1.82) is 0 Å². The maximum atomic E-state index is 13.3. The standard InChI is InChI=1S/C22H36N6O5Si/c1-7-12-32-21(31)18(26-23)19(29)17(10-8-9-11-25-27-24)28-13-15(20(28)30)16(22(2,3)4)14-33-34(5)6/h7,15-17,34H,1,8-14H2,2-6H3. The van der Waals surface area contributed by atoms with Crippen LogP contribution in [0.25, 0.3) is 16.0 Å². The lowest BCUT2D eigenvalue weighted by molar-refractivity contribution is -0.162. The highest BCUT2D eigenvalue weighted by molar-refractivity contribution is 6.63. The molecule has 1 fully saturated rings. The van der Waals surface area contributed by atoms with E-state index in [4.69, 9.17) is 14.7 Å². The number of unbranched alkanes of at least 4 members (excludes halogenated alkanes) is 1. The number of nitrogens with zero attached hydrogens (tertiary/aromatic N) is 6. The van der Waals surface area contributed by atoms with E-state index in [1.165, 1.54) is 11.0 Å². The molecule has 1 aliphatic rings. The van der Waals surface area contributed by atoms with Crippen LogP contribution in [-0.4, -0.2) is 74.4 Å². The number of azide groups is 1. The number of hydrogen-bond acceptors (Lipinski definition) is 6. The van der Waals surface area contributed by atoms with E-state index in [0.717, 1.165) is 0 Å².